The van der Waals surface area contributed by atoms with Crippen molar-refractivity contribution in [1.29, 1.82) is 0 Å². The first-order valence-electron chi connectivity index (χ1n) is 7.55. The Morgan fingerprint density at radius 1 is 1.17 bits per heavy atom. The third-order valence-corrected chi connectivity index (χ3v) is 4.42. The number of nitrogens with zero attached hydrogens (tertiary/aromatic N) is 1. The highest BCUT2D eigenvalue weighted by Gasteiger charge is 2.36. The molecular formula is C18H16F3NO2. The first-order valence-corrected chi connectivity index (χ1v) is 7.55. The molecule has 0 fully saturated rings. The summed E-state index contributed by atoms with van der Waals surface area (Å²) in [6.45, 7) is 3.75. The molecule has 0 amide bonds. The van der Waals surface area contributed by atoms with Crippen molar-refractivity contribution in [3.63, 3.8) is 0 Å². The fraction of sp³-hybridized carbons (Fsp3) is 0.333. The lowest BCUT2D eigenvalue weighted by Crippen LogP contribution is -2.31. The summed E-state index contributed by atoms with van der Waals surface area (Å²) in [6.07, 6.45) is -3.39. The molecule has 0 spiro atoms. The molecule has 2 aromatic rings. The molecule has 1 aromatic heterocycles. The number of aromatic nitrogens is 1. The van der Waals surface area contributed by atoms with Gasteiger partial charge < -0.3 is 5.11 Å². The van der Waals surface area contributed by atoms with Crippen molar-refractivity contribution in [2.24, 2.45) is 5.41 Å². The lowest BCUT2D eigenvalue weighted by Gasteiger charge is -2.29. The van der Waals surface area contributed by atoms with Crippen molar-refractivity contribution < 1.29 is 23.1 Å². The normalized spacial score (nSPS) is 16.8. The summed E-state index contributed by atoms with van der Waals surface area (Å²) in [5, 5.41) is 9.42. The van der Waals surface area contributed by atoms with E-state index in [0.717, 1.165) is 12.1 Å². The number of aromatic hydroxyl groups is 1. The van der Waals surface area contributed by atoms with Crippen LogP contribution in [0.5, 0.6) is 5.75 Å². The molecule has 1 aliphatic carbocycles. The number of pyridine rings is 1. The molecule has 1 N–H and O–H groups in total. The Kier molecular flexibility index (Phi) is 3.66. The van der Waals surface area contributed by atoms with Crippen molar-refractivity contribution in [3.05, 3.63) is 47.2 Å². The number of phenolic OH excluding ortho intramolecular Hbond substituents is 1. The van der Waals surface area contributed by atoms with E-state index in [-0.39, 0.29) is 11.3 Å². The molecule has 0 saturated heterocycles. The summed E-state index contributed by atoms with van der Waals surface area (Å²) in [5.74, 6) is -0.814. The Morgan fingerprint density at radius 2 is 1.88 bits per heavy atom. The van der Waals surface area contributed by atoms with Crippen LogP contribution in [0.25, 0.3) is 11.3 Å². The molecule has 1 aromatic carbocycles. The minimum absolute atomic E-state index is 0.00415. The minimum Gasteiger partial charge on any atom is -0.507 e. The molecule has 0 atom stereocenters. The number of fused-ring (bicyclic) bond motifs is 1. The van der Waals surface area contributed by atoms with Crippen LogP contribution in [0.2, 0.25) is 0 Å². The molecule has 0 aliphatic heterocycles. The number of alkyl halides is 3. The van der Waals surface area contributed by atoms with Gasteiger partial charge in [0.2, 0.25) is 0 Å². The van der Waals surface area contributed by atoms with Crippen LogP contribution in [-0.4, -0.2) is 15.9 Å². The average Bonchev–Trinajstić information content (AvgIpc) is 2.50. The zero-order chi connectivity index (χ0) is 17.7. The number of rotatable bonds is 1. The molecule has 6 heteroatoms. The second-order valence-corrected chi connectivity index (χ2v) is 6.63. The Labute approximate surface area is 137 Å². The Balaban J connectivity index is 2.05. The van der Waals surface area contributed by atoms with Crippen LogP contribution in [0.4, 0.5) is 13.2 Å². The zero-order valence-electron chi connectivity index (χ0n) is 13.2. The van der Waals surface area contributed by atoms with E-state index < -0.39 is 22.9 Å². The zero-order valence-corrected chi connectivity index (χ0v) is 13.2. The summed E-state index contributed by atoms with van der Waals surface area (Å²) in [6, 6.07) is 6.44. The van der Waals surface area contributed by atoms with Crippen LogP contribution >= 0.6 is 0 Å². The predicted octanol–water partition coefficient (Wildman–Crippen LogP) is 4.63. The molecule has 0 radical (unpaired) electrons. The molecule has 1 aliphatic rings. The van der Waals surface area contributed by atoms with Crippen molar-refractivity contribution in [2.45, 2.75) is 32.9 Å². The maximum atomic E-state index is 12.9. The van der Waals surface area contributed by atoms with Gasteiger partial charge in [-0.1, -0.05) is 13.8 Å². The van der Waals surface area contributed by atoms with Gasteiger partial charge in [0.25, 0.3) is 0 Å². The third kappa shape index (κ3) is 2.77. The average molecular weight is 335 g/mol. The topological polar surface area (TPSA) is 50.2 Å². The van der Waals surface area contributed by atoms with E-state index in [9.17, 15) is 23.1 Å². The summed E-state index contributed by atoms with van der Waals surface area (Å²) in [7, 11) is 0. The summed E-state index contributed by atoms with van der Waals surface area (Å²) < 4.78 is 38.8. The standard InChI is InChI=1S/C18H16F3NO2/c1-17(2)8-7-14-11(16(17)24)4-5-13(22-14)10-3-6-15(23)12(9-10)18(19,20)21/h3-6,9,23H,7-8H2,1-2H3. The highest BCUT2D eigenvalue weighted by Crippen LogP contribution is 2.39. The summed E-state index contributed by atoms with van der Waals surface area (Å²) >= 11 is 0. The number of halogens is 3. The van der Waals surface area contributed by atoms with Crippen molar-refractivity contribution >= 4 is 5.78 Å². The van der Waals surface area contributed by atoms with E-state index >= 15 is 0 Å². The van der Waals surface area contributed by atoms with Gasteiger partial charge in [0.05, 0.1) is 17.0 Å². The SMILES string of the molecule is CC1(C)CCc2nc(-c3ccc(O)c(C(F)(F)F)c3)ccc2C1=O. The lowest BCUT2D eigenvalue weighted by molar-refractivity contribution is -0.138. The number of phenols is 1. The number of Topliss-reactive ketones (excluding diaryl/α,β-unsaturated/α-hetero) is 1. The van der Waals surface area contributed by atoms with E-state index in [1.807, 2.05) is 13.8 Å². The van der Waals surface area contributed by atoms with Crippen molar-refractivity contribution in [3.8, 4) is 17.0 Å². The molecule has 0 bridgehead atoms. The predicted molar refractivity (Wildman–Crippen MR) is 82.8 cm³/mol. The van der Waals surface area contributed by atoms with Crippen LogP contribution in [0.3, 0.4) is 0 Å². The lowest BCUT2D eigenvalue weighted by atomic mass is 9.75. The molecule has 0 unspecified atom stereocenters. The number of carbonyl (C=O) groups is 1. The quantitative estimate of drug-likeness (QED) is 0.827. The maximum absolute atomic E-state index is 12.9. The molecule has 0 saturated carbocycles. The molecule has 3 rings (SSSR count). The summed E-state index contributed by atoms with van der Waals surface area (Å²) in [5.41, 5.74) is 0.199. The number of aryl methyl sites for hydroxylation is 1. The van der Waals surface area contributed by atoms with Crippen molar-refractivity contribution in [2.75, 3.05) is 0 Å². The minimum atomic E-state index is -4.64. The highest BCUT2D eigenvalue weighted by molar-refractivity contribution is 6.02. The molecule has 3 nitrogen and oxygen atoms in total. The number of hydrogen-bond donors (Lipinski definition) is 1. The van der Waals surface area contributed by atoms with E-state index in [1.165, 1.54) is 6.07 Å². The fourth-order valence-electron chi connectivity index (χ4n) is 2.89. The van der Waals surface area contributed by atoms with Crippen LogP contribution < -0.4 is 0 Å². The monoisotopic (exact) mass is 335 g/mol. The Hall–Kier alpha value is -2.37. The second kappa shape index (κ2) is 5.33. The second-order valence-electron chi connectivity index (χ2n) is 6.63. The van der Waals surface area contributed by atoms with Crippen LogP contribution in [0.15, 0.2) is 30.3 Å². The van der Waals surface area contributed by atoms with Gasteiger partial charge in [-0.3, -0.25) is 9.78 Å². The largest absolute Gasteiger partial charge is 0.507 e. The number of carbonyl (C=O) groups excluding carboxylic acids is 1. The van der Waals surface area contributed by atoms with Crippen LogP contribution in [0, 0.1) is 5.41 Å². The van der Waals surface area contributed by atoms with E-state index in [0.29, 0.717) is 29.8 Å². The first-order chi connectivity index (χ1) is 11.1. The molecule has 126 valence electrons. The smallest absolute Gasteiger partial charge is 0.419 e. The van der Waals surface area contributed by atoms with E-state index in [4.69, 9.17) is 0 Å². The van der Waals surface area contributed by atoms with Gasteiger partial charge in [0.1, 0.15) is 5.75 Å². The van der Waals surface area contributed by atoms with Gasteiger partial charge in [-0.15, -0.1) is 0 Å². The number of benzene rings is 1. The van der Waals surface area contributed by atoms with Gasteiger partial charge in [-0.05, 0) is 43.2 Å². The fourth-order valence-corrected chi connectivity index (χ4v) is 2.89. The van der Waals surface area contributed by atoms with Gasteiger partial charge >= 0.3 is 6.18 Å². The van der Waals surface area contributed by atoms with Gasteiger partial charge in [0, 0.05) is 16.5 Å². The molecular weight excluding hydrogens is 319 g/mol. The highest BCUT2D eigenvalue weighted by atomic mass is 19.4. The summed E-state index contributed by atoms with van der Waals surface area (Å²) in [4.78, 5) is 16.8. The number of hydrogen-bond acceptors (Lipinski definition) is 3. The Morgan fingerprint density at radius 3 is 2.54 bits per heavy atom. The van der Waals surface area contributed by atoms with Crippen molar-refractivity contribution in [1.82, 2.24) is 4.98 Å². The van der Waals surface area contributed by atoms with Gasteiger partial charge in [0.15, 0.2) is 5.78 Å². The van der Waals surface area contributed by atoms with E-state index in [1.54, 1.807) is 12.1 Å². The van der Waals surface area contributed by atoms with E-state index in [2.05, 4.69) is 4.98 Å². The number of ketones is 1. The van der Waals surface area contributed by atoms with Crippen LogP contribution in [0.1, 0.15) is 41.9 Å². The van der Waals surface area contributed by atoms with Gasteiger partial charge in [-0.25, -0.2) is 0 Å². The third-order valence-electron chi connectivity index (χ3n) is 4.42. The maximum Gasteiger partial charge on any atom is 0.419 e. The van der Waals surface area contributed by atoms with Gasteiger partial charge in [-0.2, -0.15) is 13.2 Å². The Bertz CT molecular complexity index is 825. The van der Waals surface area contributed by atoms with Crippen LogP contribution in [-0.2, 0) is 12.6 Å². The molecule has 24 heavy (non-hydrogen) atoms. The molecule has 1 heterocycles. The first kappa shape index (κ1) is 16.5.